The van der Waals surface area contributed by atoms with E-state index in [1.54, 1.807) is 44.2 Å². The number of hydrogen-bond donors (Lipinski definition) is 0. The zero-order valence-corrected chi connectivity index (χ0v) is 24.5. The summed E-state index contributed by atoms with van der Waals surface area (Å²) in [7, 11) is -9.12. The Morgan fingerprint density at radius 1 is 0.595 bits per heavy atom. The number of imidazole rings is 1. The fourth-order valence-corrected chi connectivity index (χ4v) is 8.84. The summed E-state index contributed by atoms with van der Waals surface area (Å²) in [6.45, 7) is 3.51. The third-order valence-corrected chi connectivity index (χ3v) is 11.1. The Hall–Kier alpha value is -4.73. The van der Waals surface area contributed by atoms with Crippen LogP contribution in [0.2, 0.25) is 0 Å². The Bertz CT molecular complexity index is 2070. The van der Waals surface area contributed by atoms with Crippen molar-refractivity contribution in [1.82, 2.24) is 9.55 Å². The van der Waals surface area contributed by atoms with Gasteiger partial charge in [0.25, 0.3) is 20.0 Å². The highest BCUT2D eigenvalue weighted by molar-refractivity contribution is 8.10. The number of benzene rings is 5. The molecule has 6 rings (SSSR count). The smallest absolute Gasteiger partial charge is 0.277 e. The van der Waals surface area contributed by atoms with Gasteiger partial charge in [-0.25, -0.2) is 21.8 Å². The number of nitrogens with zero attached hydrogens (tertiary/aromatic N) is 3. The number of fused-ring (bicyclic) bond motifs is 1. The van der Waals surface area contributed by atoms with Crippen LogP contribution in [0.15, 0.2) is 137 Å². The van der Waals surface area contributed by atoms with Gasteiger partial charge < -0.3 is 0 Å². The van der Waals surface area contributed by atoms with Crippen molar-refractivity contribution in [2.75, 3.05) is 3.71 Å². The Morgan fingerprint density at radius 3 is 1.69 bits per heavy atom. The molecule has 210 valence electrons. The summed E-state index contributed by atoms with van der Waals surface area (Å²) in [5.74, 6) is 0.642. The maximum Gasteiger partial charge on any atom is 0.277 e. The molecule has 42 heavy (non-hydrogen) atoms. The van der Waals surface area contributed by atoms with Crippen LogP contribution in [0.3, 0.4) is 0 Å². The van der Waals surface area contributed by atoms with E-state index in [1.807, 2.05) is 65.2 Å². The molecule has 0 aliphatic rings. The van der Waals surface area contributed by atoms with E-state index in [9.17, 15) is 16.8 Å². The van der Waals surface area contributed by atoms with Crippen molar-refractivity contribution in [3.05, 3.63) is 139 Å². The van der Waals surface area contributed by atoms with Gasteiger partial charge in [0, 0.05) is 11.3 Å². The number of para-hydroxylation sites is 1. The molecule has 7 nitrogen and oxygen atoms in total. The molecular formula is C33H27N3O4S2. The zero-order valence-electron chi connectivity index (χ0n) is 22.9. The van der Waals surface area contributed by atoms with Crippen LogP contribution in [0.1, 0.15) is 11.1 Å². The summed E-state index contributed by atoms with van der Waals surface area (Å²) in [5.41, 5.74) is 4.20. The Kier molecular flexibility index (Phi) is 6.92. The van der Waals surface area contributed by atoms with Crippen molar-refractivity contribution in [1.29, 1.82) is 0 Å². The van der Waals surface area contributed by atoms with Crippen molar-refractivity contribution in [2.24, 2.45) is 0 Å². The molecule has 0 unspecified atom stereocenters. The van der Waals surface area contributed by atoms with Gasteiger partial charge in [-0.15, -0.1) is 0 Å². The first-order chi connectivity index (χ1) is 20.2. The molecule has 0 amide bonds. The predicted molar refractivity (Wildman–Crippen MR) is 166 cm³/mol. The average Bonchev–Trinajstić information content (AvgIpc) is 3.37. The highest BCUT2D eigenvalue weighted by atomic mass is 32.3. The van der Waals surface area contributed by atoms with E-state index in [0.717, 1.165) is 11.3 Å². The van der Waals surface area contributed by atoms with Gasteiger partial charge >= 0.3 is 0 Å². The Morgan fingerprint density at radius 2 is 1.14 bits per heavy atom. The number of aromatic nitrogens is 2. The second-order valence-corrected chi connectivity index (χ2v) is 13.8. The third-order valence-electron chi connectivity index (χ3n) is 6.91. The van der Waals surface area contributed by atoms with Gasteiger partial charge in [0.2, 0.25) is 0 Å². The largest absolute Gasteiger partial charge is 0.292 e. The van der Waals surface area contributed by atoms with Crippen molar-refractivity contribution in [3.8, 4) is 17.1 Å². The lowest BCUT2D eigenvalue weighted by Crippen LogP contribution is -2.37. The number of rotatable bonds is 7. The molecule has 0 bridgehead atoms. The lowest BCUT2D eigenvalue weighted by atomic mass is 10.2. The minimum atomic E-state index is -4.56. The minimum Gasteiger partial charge on any atom is -0.292 e. The molecule has 1 aromatic heterocycles. The lowest BCUT2D eigenvalue weighted by molar-refractivity contribution is 0.584. The SMILES string of the molecule is Cc1cccc(S(=O)(=O)N(c2ccc3c(c2)nc(-c2ccccc2)n3-c2ccccc2)S(=O)(=O)c2cccc(C)c2)c1. The highest BCUT2D eigenvalue weighted by Crippen LogP contribution is 2.35. The monoisotopic (exact) mass is 593 g/mol. The van der Waals surface area contributed by atoms with E-state index in [2.05, 4.69) is 0 Å². The van der Waals surface area contributed by atoms with Gasteiger partial charge in [0.05, 0.1) is 26.5 Å². The van der Waals surface area contributed by atoms with E-state index in [0.29, 0.717) is 31.7 Å². The van der Waals surface area contributed by atoms with Crippen LogP contribution in [0.25, 0.3) is 28.1 Å². The van der Waals surface area contributed by atoms with Gasteiger partial charge in [-0.05, 0) is 79.6 Å². The molecule has 0 radical (unpaired) electrons. The van der Waals surface area contributed by atoms with Crippen LogP contribution in [0.4, 0.5) is 5.69 Å². The Balaban J connectivity index is 1.62. The number of aryl methyl sites for hydroxylation is 2. The molecule has 0 aliphatic carbocycles. The number of hydrogen-bond acceptors (Lipinski definition) is 5. The number of anilines is 1. The second-order valence-electron chi connectivity index (χ2n) is 9.99. The standard InChI is InChI=1S/C33H27N3O4S2/c1-24-11-9-17-29(21-24)41(37,38)36(42(39,40)30-18-10-12-25(2)22-30)28-19-20-32-31(23-28)34-33(26-13-5-3-6-14-26)35(32)27-15-7-4-8-16-27/h3-23H,1-2H3. The summed E-state index contributed by atoms with van der Waals surface area (Å²) in [6.07, 6.45) is 0. The van der Waals surface area contributed by atoms with Crippen LogP contribution in [-0.4, -0.2) is 26.4 Å². The van der Waals surface area contributed by atoms with Crippen molar-refractivity contribution < 1.29 is 16.8 Å². The first kappa shape index (κ1) is 27.4. The fraction of sp³-hybridized carbons (Fsp3) is 0.0606. The van der Waals surface area contributed by atoms with Crippen LogP contribution < -0.4 is 3.71 Å². The Labute approximate surface area is 245 Å². The molecule has 0 atom stereocenters. The third kappa shape index (κ3) is 4.87. The first-order valence-corrected chi connectivity index (χ1v) is 16.1. The summed E-state index contributed by atoms with van der Waals surface area (Å²) >= 11 is 0. The van der Waals surface area contributed by atoms with Crippen LogP contribution >= 0.6 is 0 Å². The van der Waals surface area contributed by atoms with Crippen molar-refractivity contribution >= 4 is 36.8 Å². The van der Waals surface area contributed by atoms with Crippen LogP contribution in [-0.2, 0) is 20.0 Å². The van der Waals surface area contributed by atoms with Crippen molar-refractivity contribution in [2.45, 2.75) is 23.6 Å². The summed E-state index contributed by atoms with van der Waals surface area (Å²) in [5, 5.41) is 0. The molecule has 0 saturated heterocycles. The number of sulfonamides is 2. The van der Waals surface area contributed by atoms with Crippen LogP contribution in [0.5, 0.6) is 0 Å². The maximum atomic E-state index is 14.2. The van der Waals surface area contributed by atoms with E-state index < -0.39 is 20.0 Å². The minimum absolute atomic E-state index is 0.0390. The molecule has 0 N–H and O–H groups in total. The van der Waals surface area contributed by atoms with Crippen molar-refractivity contribution in [3.63, 3.8) is 0 Å². The van der Waals surface area contributed by atoms with Gasteiger partial charge in [0.15, 0.2) is 0 Å². The molecule has 0 spiro atoms. The highest BCUT2D eigenvalue weighted by Gasteiger charge is 2.37. The zero-order chi connectivity index (χ0) is 29.5. The average molecular weight is 594 g/mol. The summed E-state index contributed by atoms with van der Waals surface area (Å²) in [6, 6.07) is 36.5. The topological polar surface area (TPSA) is 89.3 Å². The van der Waals surface area contributed by atoms with Crippen LogP contribution in [0, 0.1) is 13.8 Å². The molecule has 9 heteroatoms. The van der Waals surface area contributed by atoms with Gasteiger partial charge in [-0.1, -0.05) is 72.8 Å². The second kappa shape index (κ2) is 10.6. The first-order valence-electron chi connectivity index (χ1n) is 13.2. The molecule has 6 aromatic rings. The molecular weight excluding hydrogens is 567 g/mol. The quantitative estimate of drug-likeness (QED) is 0.201. The molecule has 5 aromatic carbocycles. The van der Waals surface area contributed by atoms with Gasteiger partial charge in [-0.3, -0.25) is 4.57 Å². The van der Waals surface area contributed by atoms with E-state index in [1.165, 1.54) is 36.4 Å². The van der Waals surface area contributed by atoms with Gasteiger partial charge in [-0.2, -0.15) is 3.71 Å². The van der Waals surface area contributed by atoms with Gasteiger partial charge in [0.1, 0.15) is 5.82 Å². The molecule has 0 saturated carbocycles. The maximum absolute atomic E-state index is 14.2. The summed E-state index contributed by atoms with van der Waals surface area (Å²) in [4.78, 5) is 4.63. The molecule has 0 aliphatic heterocycles. The van der Waals surface area contributed by atoms with E-state index >= 15 is 0 Å². The summed E-state index contributed by atoms with van der Waals surface area (Å²) < 4.78 is 59.1. The molecule has 0 fully saturated rings. The van der Waals surface area contributed by atoms with E-state index in [-0.39, 0.29) is 15.5 Å². The van der Waals surface area contributed by atoms with E-state index in [4.69, 9.17) is 4.98 Å². The normalized spacial score (nSPS) is 12.0. The fourth-order valence-electron chi connectivity index (χ4n) is 4.95. The molecule has 1 heterocycles. The predicted octanol–water partition coefficient (Wildman–Crippen LogP) is 6.89. The lowest BCUT2D eigenvalue weighted by Gasteiger charge is -2.24.